The summed E-state index contributed by atoms with van der Waals surface area (Å²) in [4.78, 5) is 12.5. The number of alkyl halides is 1. The Hall–Kier alpha value is -0.830. The molecule has 0 aromatic heterocycles. The van der Waals surface area contributed by atoms with E-state index in [-0.39, 0.29) is 11.8 Å². The molecule has 1 N–H and O–H groups in total. The summed E-state index contributed by atoms with van der Waals surface area (Å²) in [7, 11) is 0. The van der Waals surface area contributed by atoms with Crippen molar-refractivity contribution in [3.63, 3.8) is 0 Å². The van der Waals surface area contributed by atoms with Crippen molar-refractivity contribution in [2.75, 3.05) is 6.54 Å². The quantitative estimate of drug-likeness (QED) is 0.751. The number of carbonyl (C=O) groups is 1. The zero-order valence-corrected chi connectivity index (χ0v) is 13.6. The van der Waals surface area contributed by atoms with Gasteiger partial charge in [-0.2, -0.15) is 0 Å². The van der Waals surface area contributed by atoms with Gasteiger partial charge in [0.15, 0.2) is 0 Å². The summed E-state index contributed by atoms with van der Waals surface area (Å²) in [5.41, 5.74) is 1.06. The summed E-state index contributed by atoms with van der Waals surface area (Å²) in [6.07, 6.45) is 2.27. The summed E-state index contributed by atoms with van der Waals surface area (Å²) >= 11 is 3.68. The number of rotatable bonds is 7. The van der Waals surface area contributed by atoms with Crippen LogP contribution in [0.2, 0.25) is 0 Å². The lowest BCUT2D eigenvalue weighted by atomic mass is 9.98. The summed E-state index contributed by atoms with van der Waals surface area (Å²) < 4.78 is 0. The number of amides is 1. The number of carbonyl (C=O) groups excluding carboxylic acids is 1. The standard InChI is InChI=1S/C16H24BrNO/c1-4-13(5-2)15(17)11-18-16(19)12(3)14-9-7-6-8-10-14/h6-10,12-13,15H,4-5,11H2,1-3H3,(H,18,19). The average molecular weight is 326 g/mol. The first-order valence-electron chi connectivity index (χ1n) is 7.06. The van der Waals surface area contributed by atoms with Crippen LogP contribution in [0, 0.1) is 5.92 Å². The van der Waals surface area contributed by atoms with Gasteiger partial charge >= 0.3 is 0 Å². The van der Waals surface area contributed by atoms with E-state index in [2.05, 4.69) is 35.1 Å². The van der Waals surface area contributed by atoms with E-state index in [1.807, 2.05) is 37.3 Å². The number of benzene rings is 1. The monoisotopic (exact) mass is 325 g/mol. The maximum atomic E-state index is 12.1. The number of hydrogen-bond acceptors (Lipinski definition) is 1. The molecule has 2 atom stereocenters. The molecule has 0 aliphatic heterocycles. The molecule has 0 radical (unpaired) electrons. The van der Waals surface area contributed by atoms with Gasteiger partial charge in [0.2, 0.25) is 5.91 Å². The molecule has 3 heteroatoms. The fourth-order valence-electron chi connectivity index (χ4n) is 2.21. The number of halogens is 1. The first-order valence-corrected chi connectivity index (χ1v) is 7.98. The van der Waals surface area contributed by atoms with E-state index in [4.69, 9.17) is 0 Å². The molecule has 0 aliphatic rings. The van der Waals surface area contributed by atoms with Crippen molar-refractivity contribution in [2.45, 2.75) is 44.4 Å². The van der Waals surface area contributed by atoms with E-state index < -0.39 is 0 Å². The van der Waals surface area contributed by atoms with Crippen LogP contribution < -0.4 is 5.32 Å². The predicted molar refractivity (Wildman–Crippen MR) is 84.7 cm³/mol. The highest BCUT2D eigenvalue weighted by Gasteiger charge is 2.19. The highest BCUT2D eigenvalue weighted by Crippen LogP contribution is 2.20. The Morgan fingerprint density at radius 2 is 1.79 bits per heavy atom. The maximum absolute atomic E-state index is 12.1. The zero-order chi connectivity index (χ0) is 14.3. The summed E-state index contributed by atoms with van der Waals surface area (Å²) in [5.74, 6) is 0.622. The smallest absolute Gasteiger partial charge is 0.227 e. The number of hydrogen-bond donors (Lipinski definition) is 1. The van der Waals surface area contributed by atoms with Crippen LogP contribution in [-0.4, -0.2) is 17.3 Å². The van der Waals surface area contributed by atoms with Gasteiger partial charge in [-0.15, -0.1) is 0 Å². The lowest BCUT2D eigenvalue weighted by Gasteiger charge is -2.21. The largest absolute Gasteiger partial charge is 0.354 e. The molecule has 1 amide bonds. The van der Waals surface area contributed by atoms with Crippen molar-refractivity contribution in [3.05, 3.63) is 35.9 Å². The van der Waals surface area contributed by atoms with Crippen LogP contribution in [0.1, 0.15) is 45.1 Å². The third-order valence-corrected chi connectivity index (χ3v) is 4.80. The van der Waals surface area contributed by atoms with E-state index in [1.54, 1.807) is 0 Å². The van der Waals surface area contributed by atoms with Crippen LogP contribution in [0.15, 0.2) is 30.3 Å². The first kappa shape index (κ1) is 16.2. The molecule has 1 aromatic rings. The van der Waals surface area contributed by atoms with Gasteiger partial charge < -0.3 is 5.32 Å². The highest BCUT2D eigenvalue weighted by molar-refractivity contribution is 9.09. The minimum Gasteiger partial charge on any atom is -0.354 e. The Morgan fingerprint density at radius 1 is 1.21 bits per heavy atom. The molecule has 0 fully saturated rings. The van der Waals surface area contributed by atoms with E-state index in [1.165, 1.54) is 0 Å². The van der Waals surface area contributed by atoms with Gasteiger partial charge in [-0.3, -0.25) is 4.79 Å². The molecule has 106 valence electrons. The Bertz CT molecular complexity index is 376. The summed E-state index contributed by atoms with van der Waals surface area (Å²) in [5, 5.41) is 3.04. The molecular weight excluding hydrogens is 302 g/mol. The number of nitrogens with one attached hydrogen (secondary N) is 1. The summed E-state index contributed by atoms with van der Waals surface area (Å²) in [6, 6.07) is 9.90. The van der Waals surface area contributed by atoms with Gasteiger partial charge in [0.25, 0.3) is 0 Å². The molecule has 0 spiro atoms. The van der Waals surface area contributed by atoms with Crippen LogP contribution in [0.25, 0.3) is 0 Å². The van der Waals surface area contributed by atoms with Crippen LogP contribution in [-0.2, 0) is 4.79 Å². The molecule has 19 heavy (non-hydrogen) atoms. The second-order valence-corrected chi connectivity index (χ2v) is 6.15. The lowest BCUT2D eigenvalue weighted by molar-refractivity contribution is -0.122. The normalized spacial score (nSPS) is 14.2. The van der Waals surface area contributed by atoms with Crippen molar-refractivity contribution < 1.29 is 4.79 Å². The van der Waals surface area contributed by atoms with Crippen molar-refractivity contribution in [1.29, 1.82) is 0 Å². The van der Waals surface area contributed by atoms with Crippen LogP contribution in [0.4, 0.5) is 0 Å². The van der Waals surface area contributed by atoms with Crippen molar-refractivity contribution in [1.82, 2.24) is 5.32 Å². The zero-order valence-electron chi connectivity index (χ0n) is 12.0. The molecule has 1 aromatic carbocycles. The average Bonchev–Trinajstić information content (AvgIpc) is 2.46. The van der Waals surface area contributed by atoms with Crippen molar-refractivity contribution in [2.24, 2.45) is 5.92 Å². The van der Waals surface area contributed by atoms with E-state index in [0.717, 1.165) is 18.4 Å². The maximum Gasteiger partial charge on any atom is 0.227 e. The van der Waals surface area contributed by atoms with Gasteiger partial charge in [-0.1, -0.05) is 73.0 Å². The van der Waals surface area contributed by atoms with Gasteiger partial charge in [0.05, 0.1) is 5.92 Å². The Labute approximate surface area is 125 Å². The second kappa shape index (κ2) is 8.36. The molecule has 0 saturated carbocycles. The Morgan fingerprint density at radius 3 is 2.32 bits per heavy atom. The minimum atomic E-state index is -0.0948. The third-order valence-electron chi connectivity index (χ3n) is 3.72. The van der Waals surface area contributed by atoms with Crippen LogP contribution >= 0.6 is 15.9 Å². The fourth-order valence-corrected chi connectivity index (χ4v) is 3.12. The molecule has 2 unspecified atom stereocenters. The third kappa shape index (κ3) is 4.98. The van der Waals surface area contributed by atoms with Crippen LogP contribution in [0.3, 0.4) is 0 Å². The van der Waals surface area contributed by atoms with E-state index in [9.17, 15) is 4.79 Å². The van der Waals surface area contributed by atoms with Gasteiger partial charge in [0, 0.05) is 11.4 Å². The predicted octanol–water partition coefficient (Wildman–Crippen LogP) is 4.11. The second-order valence-electron chi connectivity index (χ2n) is 4.97. The molecule has 2 nitrogen and oxygen atoms in total. The SMILES string of the molecule is CCC(CC)C(Br)CNC(=O)C(C)c1ccccc1. The lowest BCUT2D eigenvalue weighted by Crippen LogP contribution is -2.35. The first-order chi connectivity index (χ1) is 9.10. The highest BCUT2D eigenvalue weighted by atomic mass is 79.9. The summed E-state index contributed by atoms with van der Waals surface area (Å²) in [6.45, 7) is 7.03. The molecule has 0 bridgehead atoms. The molecule has 0 aliphatic carbocycles. The van der Waals surface area contributed by atoms with Crippen molar-refractivity contribution in [3.8, 4) is 0 Å². The molecular formula is C16H24BrNO. The minimum absolute atomic E-state index is 0.0948. The topological polar surface area (TPSA) is 29.1 Å². The van der Waals surface area contributed by atoms with E-state index in [0.29, 0.717) is 17.3 Å². The van der Waals surface area contributed by atoms with Crippen molar-refractivity contribution >= 4 is 21.8 Å². The van der Waals surface area contributed by atoms with Gasteiger partial charge in [0.1, 0.15) is 0 Å². The Balaban J connectivity index is 2.47. The van der Waals surface area contributed by atoms with Gasteiger partial charge in [-0.05, 0) is 18.4 Å². The molecule has 1 rings (SSSR count). The molecule has 0 saturated heterocycles. The van der Waals surface area contributed by atoms with Gasteiger partial charge in [-0.25, -0.2) is 0 Å². The molecule has 0 heterocycles. The fraction of sp³-hybridized carbons (Fsp3) is 0.562. The van der Waals surface area contributed by atoms with E-state index >= 15 is 0 Å². The van der Waals surface area contributed by atoms with Crippen LogP contribution in [0.5, 0.6) is 0 Å². The Kier molecular flexibility index (Phi) is 7.14.